The number of anilines is 1. The molecule has 7 heteroatoms. The molecule has 0 spiro atoms. The van der Waals surface area contributed by atoms with E-state index in [0.29, 0.717) is 6.42 Å². The van der Waals surface area contributed by atoms with Crippen molar-refractivity contribution in [2.75, 3.05) is 12.3 Å². The summed E-state index contributed by atoms with van der Waals surface area (Å²) in [4.78, 5) is 16.3. The zero-order valence-electron chi connectivity index (χ0n) is 14.1. The maximum Gasteiger partial charge on any atom is 0.277 e. The van der Waals surface area contributed by atoms with Crippen molar-refractivity contribution in [2.45, 2.75) is 26.4 Å². The molecule has 0 aliphatic heterocycles. The van der Waals surface area contributed by atoms with E-state index in [0.717, 1.165) is 6.07 Å². The first kappa shape index (κ1) is 21.3. The van der Waals surface area contributed by atoms with E-state index in [1.165, 1.54) is 21.3 Å². The summed E-state index contributed by atoms with van der Waals surface area (Å²) in [5.41, 5.74) is 8.58. The van der Waals surface area contributed by atoms with Gasteiger partial charge in [-0.15, -0.1) is 0 Å². The monoisotopic (exact) mass is 460 g/mol. The number of carbonyl (C=O) groups excluding carboxylic acids is 1. The number of para-hydroxylation sites is 1. The Bertz CT molecular complexity index is 681. The van der Waals surface area contributed by atoms with Gasteiger partial charge in [-0.05, 0) is 60.2 Å². The normalized spacial score (nSPS) is 11.2. The Morgan fingerprint density at radius 1 is 1.36 bits per heavy atom. The molecule has 4 N–H and O–H groups in total. The molecule has 2 aromatic rings. The average molecular weight is 460 g/mol. The summed E-state index contributed by atoms with van der Waals surface area (Å²) in [6, 6.07) is 12.3. The fraction of sp³-hybridized carbons (Fsp3) is 0.278. The van der Waals surface area contributed by atoms with Gasteiger partial charge in [0.25, 0.3) is 5.91 Å². The van der Waals surface area contributed by atoms with Crippen LogP contribution in [0.5, 0.6) is 0 Å². The van der Waals surface area contributed by atoms with Crippen LogP contribution in [0.25, 0.3) is 0 Å². The number of amides is 1. The van der Waals surface area contributed by atoms with E-state index in [2.05, 4.69) is 59.3 Å². The van der Waals surface area contributed by atoms with Crippen LogP contribution in [-0.4, -0.2) is 23.7 Å². The van der Waals surface area contributed by atoms with Crippen molar-refractivity contribution in [2.24, 2.45) is 0 Å². The lowest BCUT2D eigenvalue weighted by molar-refractivity contribution is -0.0133. The van der Waals surface area contributed by atoms with Gasteiger partial charge in [-0.1, -0.05) is 30.7 Å². The number of nitrogens with one attached hydrogen (secondary N) is 1. The Labute approximate surface area is 160 Å². The third-order valence-corrected chi connectivity index (χ3v) is 3.86. The van der Waals surface area contributed by atoms with Gasteiger partial charge in [-0.25, -0.2) is 9.87 Å². The van der Waals surface area contributed by atoms with Gasteiger partial charge in [0.15, 0.2) is 0 Å². The predicted octanol–water partition coefficient (Wildman–Crippen LogP) is 3.44. The quantitative estimate of drug-likeness (QED) is 0.363. The molecule has 0 saturated heterocycles. The lowest BCUT2D eigenvalue weighted by atomic mass is 10.1. The smallest absolute Gasteiger partial charge is 0.277 e. The maximum atomic E-state index is 13.1. The molecule has 0 saturated carbocycles. The molecule has 1 atom stereocenters. The van der Waals surface area contributed by atoms with Gasteiger partial charge < -0.3 is 10.8 Å². The molecule has 25 heavy (non-hydrogen) atoms. The second-order valence-electron chi connectivity index (χ2n) is 5.30. The number of halogens is 2. The van der Waals surface area contributed by atoms with Crippen molar-refractivity contribution >= 4 is 34.2 Å². The second kappa shape index (κ2) is 11.0. The van der Waals surface area contributed by atoms with Gasteiger partial charge in [0.05, 0.1) is 17.4 Å². The van der Waals surface area contributed by atoms with E-state index in [1.807, 2.05) is 0 Å². The highest BCUT2D eigenvalue weighted by Gasteiger charge is 2.12. The summed E-state index contributed by atoms with van der Waals surface area (Å²) >= 11 is 2.31. The van der Waals surface area contributed by atoms with Gasteiger partial charge in [0.2, 0.25) is 0 Å². The van der Waals surface area contributed by atoms with Gasteiger partial charge in [0, 0.05) is 3.57 Å². The Balaban J connectivity index is 0.000000324. The highest BCUT2D eigenvalue weighted by Crippen LogP contribution is 2.15. The molecule has 0 aliphatic carbocycles. The van der Waals surface area contributed by atoms with E-state index < -0.39 is 17.8 Å². The van der Waals surface area contributed by atoms with Gasteiger partial charge in [-0.2, -0.15) is 0 Å². The highest BCUT2D eigenvalue weighted by atomic mass is 127. The summed E-state index contributed by atoms with van der Waals surface area (Å²) in [6.45, 7) is 3.85. The van der Waals surface area contributed by atoms with E-state index in [-0.39, 0.29) is 17.9 Å². The second-order valence-corrected chi connectivity index (χ2v) is 6.55. The number of hydrogen-bond donors (Lipinski definition) is 3. The van der Waals surface area contributed by atoms with Crippen LogP contribution >= 0.6 is 22.6 Å². The average Bonchev–Trinajstić information content (AvgIpc) is 2.57. The number of aliphatic hydroxyl groups is 1. The largest absolute Gasteiger partial charge is 0.396 e. The van der Waals surface area contributed by atoms with Crippen molar-refractivity contribution in [3.05, 3.63) is 63.0 Å². The van der Waals surface area contributed by atoms with Crippen molar-refractivity contribution in [3.8, 4) is 0 Å². The number of benzene rings is 2. The fourth-order valence-electron chi connectivity index (χ4n) is 1.72. The summed E-state index contributed by atoms with van der Waals surface area (Å²) < 4.78 is 14.4. The first-order valence-corrected chi connectivity index (χ1v) is 8.79. The standard InChI is InChI=1S/C11H15FN2O3.C7H7I/c1-2-7(15)6-17-14-11(16)8-4-3-5-9(12)10(8)13;1-6-3-2-4-7(8)5-6/h3-5,7,15H,2,6,13H2,1H3,(H,14,16);2-5H,1H3. The van der Waals surface area contributed by atoms with Crippen molar-refractivity contribution in [3.63, 3.8) is 0 Å². The third kappa shape index (κ3) is 7.80. The number of rotatable bonds is 5. The number of nitrogen functional groups attached to an aromatic ring is 1. The Morgan fingerprint density at radius 3 is 2.60 bits per heavy atom. The summed E-state index contributed by atoms with van der Waals surface area (Å²) in [6.07, 6.45) is -0.141. The lowest BCUT2D eigenvalue weighted by Gasteiger charge is -2.10. The van der Waals surface area contributed by atoms with Gasteiger partial charge in [-0.3, -0.25) is 9.63 Å². The topological polar surface area (TPSA) is 84.6 Å². The lowest BCUT2D eigenvalue weighted by Crippen LogP contribution is -2.28. The Kier molecular flexibility index (Phi) is 9.40. The first-order valence-electron chi connectivity index (χ1n) is 7.71. The van der Waals surface area contributed by atoms with Crippen LogP contribution in [0.15, 0.2) is 42.5 Å². The molecule has 0 radical (unpaired) electrons. The molecule has 136 valence electrons. The molecular weight excluding hydrogens is 438 g/mol. The van der Waals surface area contributed by atoms with Crippen LogP contribution in [0, 0.1) is 16.3 Å². The van der Waals surface area contributed by atoms with Crippen molar-refractivity contribution < 1.29 is 19.1 Å². The minimum atomic E-state index is -0.661. The molecule has 0 fully saturated rings. The summed E-state index contributed by atoms with van der Waals surface area (Å²) in [5.74, 6) is -1.31. The SMILES string of the molecule is CCC(O)CONC(=O)c1cccc(F)c1N.Cc1cccc(I)c1. The number of hydroxylamine groups is 1. The van der Waals surface area contributed by atoms with Crippen LogP contribution in [-0.2, 0) is 4.84 Å². The highest BCUT2D eigenvalue weighted by molar-refractivity contribution is 14.1. The van der Waals surface area contributed by atoms with Gasteiger partial charge >= 0.3 is 0 Å². The molecule has 2 rings (SSSR count). The summed E-state index contributed by atoms with van der Waals surface area (Å²) in [7, 11) is 0. The van der Waals surface area contributed by atoms with E-state index >= 15 is 0 Å². The Morgan fingerprint density at radius 2 is 2.04 bits per heavy atom. The molecule has 0 aromatic heterocycles. The molecule has 0 heterocycles. The van der Waals surface area contributed by atoms with E-state index in [4.69, 9.17) is 10.6 Å². The minimum Gasteiger partial charge on any atom is -0.396 e. The maximum absolute atomic E-state index is 13.1. The molecule has 0 aliphatic rings. The summed E-state index contributed by atoms with van der Waals surface area (Å²) in [5, 5.41) is 9.18. The number of aryl methyl sites for hydroxylation is 1. The Hall–Kier alpha value is -1.71. The molecule has 2 aromatic carbocycles. The predicted molar refractivity (Wildman–Crippen MR) is 104 cm³/mol. The fourth-order valence-corrected chi connectivity index (χ4v) is 2.42. The van der Waals surface area contributed by atoms with E-state index in [9.17, 15) is 14.3 Å². The molecule has 0 bridgehead atoms. The minimum absolute atomic E-state index is 0.00371. The van der Waals surface area contributed by atoms with Crippen molar-refractivity contribution in [1.29, 1.82) is 0 Å². The van der Waals surface area contributed by atoms with Crippen LogP contribution in [0.1, 0.15) is 29.3 Å². The van der Waals surface area contributed by atoms with E-state index in [1.54, 1.807) is 6.92 Å². The third-order valence-electron chi connectivity index (χ3n) is 3.19. The zero-order chi connectivity index (χ0) is 18.8. The van der Waals surface area contributed by atoms with Crippen LogP contribution in [0.2, 0.25) is 0 Å². The van der Waals surface area contributed by atoms with Crippen LogP contribution in [0.3, 0.4) is 0 Å². The first-order chi connectivity index (χ1) is 11.8. The number of hydrogen-bond acceptors (Lipinski definition) is 4. The molecule has 5 nitrogen and oxygen atoms in total. The van der Waals surface area contributed by atoms with Crippen LogP contribution < -0.4 is 11.2 Å². The van der Waals surface area contributed by atoms with Gasteiger partial charge in [0.1, 0.15) is 12.4 Å². The molecule has 1 unspecified atom stereocenters. The molecular formula is C18H22FIN2O3. The van der Waals surface area contributed by atoms with Crippen LogP contribution in [0.4, 0.5) is 10.1 Å². The zero-order valence-corrected chi connectivity index (χ0v) is 16.3. The number of aliphatic hydroxyl groups excluding tert-OH is 1. The molecule has 1 amide bonds. The van der Waals surface area contributed by atoms with Crippen molar-refractivity contribution in [1.82, 2.24) is 5.48 Å². The number of carbonyl (C=O) groups is 1. The number of nitrogens with two attached hydrogens (primary N) is 1.